The summed E-state index contributed by atoms with van der Waals surface area (Å²) in [5, 5.41) is 0. The second-order valence-corrected chi connectivity index (χ2v) is 19.4. The zero-order valence-electron chi connectivity index (χ0n) is 36.3. The van der Waals surface area contributed by atoms with E-state index in [9.17, 15) is 4.79 Å². The van der Waals surface area contributed by atoms with E-state index >= 15 is 0 Å². The predicted octanol–water partition coefficient (Wildman–Crippen LogP) is 14.3. The Morgan fingerprint density at radius 1 is 0.704 bits per heavy atom. The molecule has 3 saturated carbocycles. The Bertz CT molecular complexity index is 1600. The van der Waals surface area contributed by atoms with Gasteiger partial charge < -0.3 is 9.47 Å². The third-order valence-electron chi connectivity index (χ3n) is 14.2. The largest absolute Gasteiger partial charge is 0.489 e. The minimum Gasteiger partial charge on any atom is -0.489 e. The van der Waals surface area contributed by atoms with Crippen LogP contribution < -0.4 is 4.74 Å². The summed E-state index contributed by atoms with van der Waals surface area (Å²) in [5.74, 6) is 8.46. The summed E-state index contributed by atoms with van der Waals surface area (Å²) in [5.41, 5.74) is 9.89. The van der Waals surface area contributed by atoms with Gasteiger partial charge in [-0.15, -0.1) is 0 Å². The van der Waals surface area contributed by atoms with Crippen LogP contribution >= 0.6 is 0 Å². The molecule has 0 N–H and O–H groups in total. The lowest BCUT2D eigenvalue weighted by Gasteiger charge is -2.46. The topological polar surface area (TPSA) is 35.5 Å². The van der Waals surface area contributed by atoms with Crippen LogP contribution in [0.15, 0.2) is 47.6 Å². The van der Waals surface area contributed by atoms with Gasteiger partial charge in [0.05, 0.1) is 7.11 Å². The molecule has 1 aromatic carbocycles. The van der Waals surface area contributed by atoms with Gasteiger partial charge in [-0.05, 0) is 152 Å². The number of carbonyl (C=O) groups is 1. The van der Waals surface area contributed by atoms with Crippen molar-refractivity contribution in [3.63, 3.8) is 0 Å². The molecule has 3 heteroatoms. The second kappa shape index (κ2) is 18.9. The number of hydrogen-bond donors (Lipinski definition) is 0. The number of fused-ring (bicyclic) bond motifs is 1. The van der Waals surface area contributed by atoms with Crippen LogP contribution in [0.4, 0.5) is 0 Å². The molecular formula is C51H76O3. The summed E-state index contributed by atoms with van der Waals surface area (Å²) < 4.78 is 11.9. The van der Waals surface area contributed by atoms with Crippen LogP contribution in [0.3, 0.4) is 0 Å². The molecule has 4 aliphatic rings. The van der Waals surface area contributed by atoms with Gasteiger partial charge in [0.15, 0.2) is 0 Å². The van der Waals surface area contributed by atoms with Gasteiger partial charge >= 0.3 is 5.97 Å². The summed E-state index contributed by atoms with van der Waals surface area (Å²) in [4.78, 5) is 11.8. The maximum Gasteiger partial charge on any atom is 0.330 e. The highest BCUT2D eigenvalue weighted by Gasteiger charge is 2.44. The molecule has 0 spiro atoms. The second-order valence-electron chi connectivity index (χ2n) is 19.4. The van der Waals surface area contributed by atoms with Crippen LogP contribution in [0.2, 0.25) is 0 Å². The molecule has 1 aliphatic heterocycles. The monoisotopic (exact) mass is 737 g/mol. The zero-order valence-corrected chi connectivity index (χ0v) is 36.3. The van der Waals surface area contributed by atoms with Gasteiger partial charge in [-0.25, -0.2) is 4.79 Å². The Morgan fingerprint density at radius 3 is 1.70 bits per heavy atom. The van der Waals surface area contributed by atoms with Crippen LogP contribution in [-0.2, 0) is 9.53 Å². The average molecular weight is 737 g/mol. The first-order valence-corrected chi connectivity index (χ1v) is 22.0. The Labute approximate surface area is 331 Å². The minimum absolute atomic E-state index is 0.320. The molecule has 9 atom stereocenters. The summed E-state index contributed by atoms with van der Waals surface area (Å²) in [6.45, 7) is 27.3. The van der Waals surface area contributed by atoms with Crippen molar-refractivity contribution >= 4 is 18.1 Å². The molecule has 0 amide bonds. The van der Waals surface area contributed by atoms with Crippen LogP contribution in [-0.4, -0.2) is 19.7 Å². The number of methoxy groups -OCH3 is 1. The quantitative estimate of drug-likeness (QED) is 0.129. The number of benzene rings is 1. The molecule has 0 aromatic heterocycles. The maximum absolute atomic E-state index is 11.8. The smallest absolute Gasteiger partial charge is 0.330 e. The predicted molar refractivity (Wildman–Crippen MR) is 231 cm³/mol. The van der Waals surface area contributed by atoms with Crippen molar-refractivity contribution in [1.82, 2.24) is 0 Å². The van der Waals surface area contributed by atoms with Crippen molar-refractivity contribution in [1.29, 1.82) is 0 Å². The number of esters is 1. The Balaban J connectivity index is 1.86. The molecular weight excluding hydrogens is 661 g/mol. The number of carbonyl (C=O) groups excluding carboxylic acids is 1. The van der Waals surface area contributed by atoms with E-state index in [1.807, 2.05) is 13.0 Å². The van der Waals surface area contributed by atoms with Gasteiger partial charge in [0.1, 0.15) is 12.4 Å². The molecule has 9 unspecified atom stereocenters. The first kappa shape index (κ1) is 42.3. The van der Waals surface area contributed by atoms with Crippen LogP contribution in [0.25, 0.3) is 12.2 Å². The number of ether oxygens (including phenoxy) is 2. The molecule has 54 heavy (non-hydrogen) atoms. The minimum atomic E-state index is -0.320. The molecule has 0 radical (unpaired) electrons. The van der Waals surface area contributed by atoms with Gasteiger partial charge in [-0.1, -0.05) is 124 Å². The Hall–Kier alpha value is -2.81. The van der Waals surface area contributed by atoms with Crippen LogP contribution in [0.5, 0.6) is 5.75 Å². The van der Waals surface area contributed by atoms with Crippen molar-refractivity contribution in [3.8, 4) is 5.75 Å². The highest BCUT2D eigenvalue weighted by molar-refractivity contribution is 5.83. The molecule has 3 fully saturated rings. The first-order chi connectivity index (χ1) is 25.7. The van der Waals surface area contributed by atoms with Gasteiger partial charge in [-0.3, -0.25) is 0 Å². The fraction of sp³-hybridized carbons (Fsp3) is 0.667. The van der Waals surface area contributed by atoms with E-state index in [0.717, 1.165) is 11.5 Å². The van der Waals surface area contributed by atoms with E-state index in [-0.39, 0.29) is 5.97 Å². The summed E-state index contributed by atoms with van der Waals surface area (Å²) in [6, 6.07) is 0. The van der Waals surface area contributed by atoms with E-state index in [1.54, 1.807) is 22.8 Å². The molecule has 3 aliphatic carbocycles. The van der Waals surface area contributed by atoms with E-state index < -0.39 is 0 Å². The first-order valence-electron chi connectivity index (χ1n) is 22.0. The molecule has 1 aromatic rings. The number of hydrogen-bond acceptors (Lipinski definition) is 3. The summed E-state index contributed by atoms with van der Waals surface area (Å²) in [6.07, 6.45) is 29.2. The third kappa shape index (κ3) is 9.76. The number of rotatable bonds is 11. The highest BCUT2D eigenvalue weighted by Crippen LogP contribution is 2.58. The van der Waals surface area contributed by atoms with E-state index in [4.69, 9.17) is 9.47 Å². The molecule has 1 heterocycles. The van der Waals surface area contributed by atoms with Crippen molar-refractivity contribution in [2.75, 3.05) is 13.7 Å². The van der Waals surface area contributed by atoms with Gasteiger partial charge in [0.2, 0.25) is 0 Å². The van der Waals surface area contributed by atoms with Crippen LogP contribution in [0.1, 0.15) is 180 Å². The molecule has 0 bridgehead atoms. The van der Waals surface area contributed by atoms with Gasteiger partial charge in [-0.2, -0.15) is 0 Å². The van der Waals surface area contributed by atoms with Crippen molar-refractivity contribution in [3.05, 3.63) is 75.4 Å². The molecule has 0 saturated heterocycles. The van der Waals surface area contributed by atoms with Crippen LogP contribution in [0, 0.1) is 53.3 Å². The normalized spacial score (nSPS) is 31.1. The lowest BCUT2D eigenvalue weighted by Crippen LogP contribution is -2.33. The van der Waals surface area contributed by atoms with Crippen molar-refractivity contribution < 1.29 is 14.3 Å². The van der Waals surface area contributed by atoms with E-state index in [1.165, 1.54) is 87.3 Å². The fourth-order valence-corrected chi connectivity index (χ4v) is 11.3. The number of allylic oxidation sites excluding steroid dienone is 6. The Kier molecular flexibility index (Phi) is 14.8. The maximum atomic E-state index is 11.8. The SMILES string of the molecule is COC(=O)C=C(C)C=CC=C(C)C=Cc1c(C2CC(C)CCC2C(C)C)c2c(c(C3CC(C)CCC3C(C)C)c1C1CC(C)CCC1C(C)C)OCC=C2. The molecule has 5 rings (SSSR count). The zero-order chi connectivity index (χ0) is 39.3. The van der Waals surface area contributed by atoms with Gasteiger partial charge in [0, 0.05) is 17.2 Å². The fourth-order valence-electron chi connectivity index (χ4n) is 11.3. The molecule has 3 nitrogen and oxygen atoms in total. The van der Waals surface area contributed by atoms with Crippen molar-refractivity contribution in [2.24, 2.45) is 53.3 Å². The van der Waals surface area contributed by atoms with Gasteiger partial charge in [0.25, 0.3) is 0 Å². The van der Waals surface area contributed by atoms with E-state index in [2.05, 4.69) is 106 Å². The van der Waals surface area contributed by atoms with Crippen molar-refractivity contribution in [2.45, 2.75) is 152 Å². The standard InChI is InChI=1S/C51H76O3/c1-31(2)39-22-19-36(9)27-44(39)48-42(25-18-34(7)15-13-16-35(8)30-47(52)53-12)49(45-28-37(10)20-23-40(45)32(3)4)50(51-43(48)17-14-26-54-51)46-29-38(11)21-24-41(46)33(5)6/h13-18,25,30-33,36-41,44-46H,19-24,26-29H2,1-12H3. The van der Waals surface area contributed by atoms with E-state index in [0.29, 0.717) is 71.7 Å². The lowest BCUT2D eigenvalue weighted by molar-refractivity contribution is -0.134. The lowest BCUT2D eigenvalue weighted by atomic mass is 9.59. The third-order valence-corrected chi connectivity index (χ3v) is 14.2. The summed E-state index contributed by atoms with van der Waals surface area (Å²) in [7, 11) is 1.42. The summed E-state index contributed by atoms with van der Waals surface area (Å²) >= 11 is 0. The average Bonchev–Trinajstić information content (AvgIpc) is 3.12. The Morgan fingerprint density at radius 2 is 1.20 bits per heavy atom. The highest BCUT2D eigenvalue weighted by atomic mass is 16.5. The molecule has 298 valence electrons.